The monoisotopic (exact) mass is 412 g/mol. The van der Waals surface area contributed by atoms with Gasteiger partial charge in [-0.1, -0.05) is 54.3 Å². The van der Waals surface area contributed by atoms with Crippen LogP contribution < -0.4 is 4.90 Å². The van der Waals surface area contributed by atoms with Crippen molar-refractivity contribution < 1.29 is 18.8 Å². The highest BCUT2D eigenvalue weighted by Crippen LogP contribution is 2.37. The van der Waals surface area contributed by atoms with E-state index in [-0.39, 0.29) is 22.5 Å². The van der Waals surface area contributed by atoms with E-state index in [1.807, 2.05) is 0 Å². The number of imide groups is 1. The van der Waals surface area contributed by atoms with Gasteiger partial charge in [0.2, 0.25) is 5.91 Å². The molecule has 2 aromatic carbocycles. The lowest BCUT2D eigenvalue weighted by Crippen LogP contribution is -2.44. The molecule has 2 saturated heterocycles. The molecule has 140 valence electrons. The second kappa shape index (κ2) is 7.29. The van der Waals surface area contributed by atoms with Crippen molar-refractivity contribution >= 4 is 57.8 Å². The van der Waals surface area contributed by atoms with Crippen LogP contribution in [0.3, 0.4) is 0 Å². The van der Waals surface area contributed by atoms with Gasteiger partial charge in [0.25, 0.3) is 11.8 Å². The minimum atomic E-state index is -0.959. The van der Waals surface area contributed by atoms with Gasteiger partial charge in [0.15, 0.2) is 0 Å². The van der Waals surface area contributed by atoms with Crippen LogP contribution in [0.1, 0.15) is 12.0 Å². The van der Waals surface area contributed by atoms with Crippen LogP contribution >= 0.6 is 24.0 Å². The van der Waals surface area contributed by atoms with Gasteiger partial charge in [-0.15, -0.1) is 0 Å². The Morgan fingerprint density at radius 1 is 1.04 bits per heavy atom. The van der Waals surface area contributed by atoms with Gasteiger partial charge < -0.3 is 0 Å². The lowest BCUT2D eigenvalue weighted by Gasteiger charge is -2.21. The molecule has 5 nitrogen and oxygen atoms in total. The number of thiocarbonyl (C=S) groups is 1. The van der Waals surface area contributed by atoms with E-state index in [9.17, 15) is 18.8 Å². The van der Waals surface area contributed by atoms with Crippen molar-refractivity contribution in [3.8, 4) is 0 Å². The van der Waals surface area contributed by atoms with Crippen molar-refractivity contribution in [2.24, 2.45) is 0 Å². The first-order valence-electron chi connectivity index (χ1n) is 8.40. The summed E-state index contributed by atoms with van der Waals surface area (Å²) in [5.41, 5.74) is 1.11. The summed E-state index contributed by atoms with van der Waals surface area (Å²) < 4.78 is 13.3. The summed E-state index contributed by atoms with van der Waals surface area (Å²) in [6, 6.07) is 13.3. The van der Waals surface area contributed by atoms with Gasteiger partial charge in [-0.05, 0) is 35.9 Å². The second-order valence-electron chi connectivity index (χ2n) is 6.23. The number of amides is 3. The van der Waals surface area contributed by atoms with E-state index in [1.165, 1.54) is 17.0 Å². The van der Waals surface area contributed by atoms with Crippen LogP contribution in [0.25, 0.3) is 6.08 Å². The number of para-hydroxylation sites is 1. The van der Waals surface area contributed by atoms with Crippen LogP contribution in [0.15, 0.2) is 59.5 Å². The van der Waals surface area contributed by atoms with E-state index in [2.05, 4.69) is 0 Å². The van der Waals surface area contributed by atoms with E-state index >= 15 is 0 Å². The normalized spacial score (nSPS) is 21.3. The molecule has 0 aromatic heterocycles. The predicted octanol–water partition coefficient (Wildman–Crippen LogP) is 3.36. The quantitative estimate of drug-likeness (QED) is 0.440. The summed E-state index contributed by atoms with van der Waals surface area (Å²) in [7, 11) is 0. The largest absolute Gasteiger partial charge is 0.280 e. The number of rotatable bonds is 3. The van der Waals surface area contributed by atoms with Crippen LogP contribution in [0, 0.1) is 5.82 Å². The molecule has 0 spiro atoms. The maximum Gasteiger partial charge on any atom is 0.266 e. The first kappa shape index (κ1) is 18.5. The molecule has 0 saturated carbocycles. The van der Waals surface area contributed by atoms with Crippen molar-refractivity contribution in [2.45, 2.75) is 12.5 Å². The molecular formula is C20H13FN2O3S2. The number of hydrogen-bond acceptors (Lipinski definition) is 5. The molecule has 3 amide bonds. The summed E-state index contributed by atoms with van der Waals surface area (Å²) in [6.45, 7) is 0. The Labute approximate surface area is 169 Å². The van der Waals surface area contributed by atoms with Gasteiger partial charge in [0.05, 0.1) is 17.0 Å². The molecule has 0 N–H and O–H groups in total. The highest BCUT2D eigenvalue weighted by atomic mass is 32.2. The molecule has 28 heavy (non-hydrogen) atoms. The smallest absolute Gasteiger partial charge is 0.266 e. The van der Waals surface area contributed by atoms with E-state index in [4.69, 9.17) is 12.2 Å². The zero-order valence-electron chi connectivity index (χ0n) is 14.4. The van der Waals surface area contributed by atoms with Gasteiger partial charge in [0, 0.05) is 0 Å². The Kier molecular flexibility index (Phi) is 4.82. The Bertz CT molecular complexity index is 1020. The number of benzene rings is 2. The lowest BCUT2D eigenvalue weighted by atomic mass is 10.2. The highest BCUT2D eigenvalue weighted by Gasteiger charge is 2.48. The Balaban J connectivity index is 1.60. The molecule has 2 aromatic rings. The third kappa shape index (κ3) is 3.25. The number of hydrogen-bond donors (Lipinski definition) is 0. The summed E-state index contributed by atoms with van der Waals surface area (Å²) in [6.07, 6.45) is 1.47. The first-order chi connectivity index (χ1) is 13.5. The lowest BCUT2D eigenvalue weighted by molar-refractivity contribution is -0.129. The summed E-state index contributed by atoms with van der Waals surface area (Å²) in [4.78, 5) is 40.8. The third-order valence-electron chi connectivity index (χ3n) is 4.44. The Morgan fingerprint density at radius 2 is 1.71 bits per heavy atom. The summed E-state index contributed by atoms with van der Waals surface area (Å²) >= 11 is 6.36. The molecule has 2 aliphatic rings. The third-order valence-corrected chi connectivity index (χ3v) is 5.77. The molecule has 1 atom stereocenters. The van der Waals surface area contributed by atoms with Gasteiger partial charge >= 0.3 is 0 Å². The van der Waals surface area contributed by atoms with E-state index < -0.39 is 17.9 Å². The van der Waals surface area contributed by atoms with Crippen LogP contribution in [-0.4, -0.2) is 33.0 Å². The van der Waals surface area contributed by atoms with Crippen molar-refractivity contribution in [2.75, 3.05) is 4.90 Å². The van der Waals surface area contributed by atoms with Crippen LogP contribution in [-0.2, 0) is 14.4 Å². The average Bonchev–Trinajstić information content (AvgIpc) is 3.12. The maximum absolute atomic E-state index is 13.1. The van der Waals surface area contributed by atoms with Gasteiger partial charge in [-0.2, -0.15) is 0 Å². The standard InChI is InChI=1S/C20H13FN2O3S2/c21-13-8-6-12(7-9-13)10-16-19(26)23(20(27)28-16)15-11-17(24)22(18(15)25)14-4-2-1-3-5-14/h1-10,15H,11H2/b16-10-. The molecule has 2 heterocycles. The fourth-order valence-electron chi connectivity index (χ4n) is 3.12. The molecule has 0 radical (unpaired) electrons. The van der Waals surface area contributed by atoms with Crippen LogP contribution in [0.4, 0.5) is 10.1 Å². The zero-order chi connectivity index (χ0) is 19.8. The molecule has 0 bridgehead atoms. The zero-order valence-corrected chi connectivity index (χ0v) is 16.0. The number of carbonyl (C=O) groups is 3. The van der Waals surface area contributed by atoms with Crippen molar-refractivity contribution in [3.05, 3.63) is 70.9 Å². The molecule has 2 aliphatic heterocycles. The minimum absolute atomic E-state index is 0.121. The average molecular weight is 412 g/mol. The van der Waals surface area contributed by atoms with Crippen molar-refractivity contribution in [3.63, 3.8) is 0 Å². The SMILES string of the molecule is O=C1CC(N2C(=O)/C(=C/c3ccc(F)cc3)SC2=S)C(=O)N1c1ccccc1. The van der Waals surface area contributed by atoms with E-state index in [0.29, 0.717) is 16.2 Å². The number of anilines is 1. The summed E-state index contributed by atoms with van der Waals surface area (Å²) in [5.74, 6) is -1.66. The van der Waals surface area contributed by atoms with Gasteiger partial charge in [-0.25, -0.2) is 9.29 Å². The van der Waals surface area contributed by atoms with Crippen LogP contribution in [0.5, 0.6) is 0 Å². The minimum Gasteiger partial charge on any atom is -0.280 e. The van der Waals surface area contributed by atoms with Gasteiger partial charge in [-0.3, -0.25) is 19.3 Å². The molecule has 0 aliphatic carbocycles. The number of halogens is 1. The number of nitrogens with zero attached hydrogens (tertiary/aromatic N) is 2. The van der Waals surface area contributed by atoms with E-state index in [1.54, 1.807) is 48.5 Å². The van der Waals surface area contributed by atoms with Crippen LogP contribution in [0.2, 0.25) is 0 Å². The molecule has 1 unspecified atom stereocenters. The Morgan fingerprint density at radius 3 is 2.39 bits per heavy atom. The molecule has 8 heteroatoms. The maximum atomic E-state index is 13.1. The topological polar surface area (TPSA) is 57.7 Å². The van der Waals surface area contributed by atoms with Crippen molar-refractivity contribution in [1.82, 2.24) is 4.90 Å². The first-order valence-corrected chi connectivity index (χ1v) is 9.62. The molecule has 4 rings (SSSR count). The van der Waals surface area contributed by atoms with Gasteiger partial charge in [0.1, 0.15) is 16.2 Å². The fraction of sp³-hybridized carbons (Fsp3) is 0.100. The second-order valence-corrected chi connectivity index (χ2v) is 7.90. The summed E-state index contributed by atoms with van der Waals surface area (Å²) in [5, 5.41) is 0. The molecule has 2 fully saturated rings. The van der Waals surface area contributed by atoms with E-state index in [0.717, 1.165) is 16.7 Å². The number of thioether (sulfide) groups is 1. The predicted molar refractivity (Wildman–Crippen MR) is 109 cm³/mol. The molecular weight excluding hydrogens is 399 g/mol. The fourth-order valence-corrected chi connectivity index (χ4v) is 4.48. The highest BCUT2D eigenvalue weighted by molar-refractivity contribution is 8.26. The number of carbonyl (C=O) groups excluding carboxylic acids is 3. The Hall–Kier alpha value is -2.84. The van der Waals surface area contributed by atoms with Crippen molar-refractivity contribution in [1.29, 1.82) is 0 Å².